The Hall–Kier alpha value is 0.290. The molecule has 0 aliphatic carbocycles. The summed E-state index contributed by atoms with van der Waals surface area (Å²) in [6.07, 6.45) is 0. The second-order valence-electron chi connectivity index (χ2n) is 5.92. The molecule has 2 rings (SSSR count). The molecule has 20 heavy (non-hydrogen) atoms. The smallest absolute Gasteiger partial charge is 0.107 e. The summed E-state index contributed by atoms with van der Waals surface area (Å²) in [5.41, 5.74) is 1.31. The van der Waals surface area contributed by atoms with E-state index in [0.29, 0.717) is 22.5 Å². The van der Waals surface area contributed by atoms with Crippen LogP contribution in [0, 0.1) is 0 Å². The molecule has 2 heterocycles. The van der Waals surface area contributed by atoms with Crippen LogP contribution >= 0.6 is 34.9 Å². The summed E-state index contributed by atoms with van der Waals surface area (Å²) in [4.78, 5) is 6.44. The van der Waals surface area contributed by atoms with Gasteiger partial charge >= 0.3 is 0 Å². The predicted molar refractivity (Wildman–Crippen MR) is 95.3 cm³/mol. The minimum atomic E-state index is 0.514. The van der Waals surface area contributed by atoms with Crippen molar-refractivity contribution in [3.05, 3.63) is 15.6 Å². The van der Waals surface area contributed by atoms with Crippen LogP contribution in [0.15, 0.2) is 0 Å². The third-order valence-electron chi connectivity index (χ3n) is 3.39. The van der Waals surface area contributed by atoms with Gasteiger partial charge < -0.3 is 5.32 Å². The first kappa shape index (κ1) is 16.7. The highest BCUT2D eigenvalue weighted by atomic mass is 32.2. The van der Waals surface area contributed by atoms with Crippen molar-refractivity contribution in [2.75, 3.05) is 11.5 Å². The largest absolute Gasteiger partial charge is 0.310 e. The fourth-order valence-electron chi connectivity index (χ4n) is 2.28. The summed E-state index contributed by atoms with van der Waals surface area (Å²) in [5.74, 6) is 3.06. The van der Waals surface area contributed by atoms with Crippen molar-refractivity contribution in [3.63, 3.8) is 0 Å². The molecule has 2 atom stereocenters. The first-order chi connectivity index (χ1) is 9.49. The summed E-state index contributed by atoms with van der Waals surface area (Å²) in [6.45, 7) is 12.2. The van der Waals surface area contributed by atoms with Crippen LogP contribution in [-0.2, 0) is 6.54 Å². The summed E-state index contributed by atoms with van der Waals surface area (Å²) >= 11 is 6.11. The highest BCUT2D eigenvalue weighted by molar-refractivity contribution is 8.06. The Labute approximate surface area is 135 Å². The first-order valence-corrected chi connectivity index (χ1v) is 10.4. The van der Waals surface area contributed by atoms with Crippen molar-refractivity contribution < 1.29 is 0 Å². The Bertz CT molecular complexity index is 429. The van der Waals surface area contributed by atoms with E-state index in [2.05, 4.69) is 63.5 Å². The zero-order valence-electron chi connectivity index (χ0n) is 13.1. The van der Waals surface area contributed by atoms with Crippen LogP contribution in [0.5, 0.6) is 0 Å². The third kappa shape index (κ3) is 4.15. The van der Waals surface area contributed by atoms with Gasteiger partial charge in [0.2, 0.25) is 0 Å². The average Bonchev–Trinajstić information content (AvgIpc) is 2.81. The molecule has 114 valence electrons. The molecule has 5 heteroatoms. The number of hydrogen-bond donors (Lipinski definition) is 1. The van der Waals surface area contributed by atoms with Crippen molar-refractivity contribution in [1.29, 1.82) is 0 Å². The number of aromatic nitrogens is 1. The van der Waals surface area contributed by atoms with Crippen LogP contribution in [0.2, 0.25) is 0 Å². The van der Waals surface area contributed by atoms with Crippen LogP contribution in [0.4, 0.5) is 0 Å². The van der Waals surface area contributed by atoms with E-state index in [4.69, 9.17) is 4.98 Å². The standard InChI is InChI=1S/C15H26N2S3/c1-9(2)13-12(8-16-10(3)4)20-15(17-13)14-11(5)18-6-7-19-14/h9-11,14,16H,6-8H2,1-5H3. The summed E-state index contributed by atoms with van der Waals surface area (Å²) in [7, 11) is 0. The van der Waals surface area contributed by atoms with E-state index in [-0.39, 0.29) is 0 Å². The van der Waals surface area contributed by atoms with Gasteiger partial charge in [0, 0.05) is 34.2 Å². The predicted octanol–water partition coefficient (Wildman–Crippen LogP) is 4.67. The molecule has 0 bridgehead atoms. The molecule has 2 nitrogen and oxygen atoms in total. The fraction of sp³-hybridized carbons (Fsp3) is 0.800. The maximum absolute atomic E-state index is 5.01. The second-order valence-corrected chi connectivity index (χ2v) is 9.77. The number of hydrogen-bond acceptors (Lipinski definition) is 5. The van der Waals surface area contributed by atoms with Crippen molar-refractivity contribution >= 4 is 34.9 Å². The Balaban J connectivity index is 2.19. The molecular formula is C15H26N2S3. The SMILES string of the molecule is CC(C)NCc1sc(C2SCCSC2C)nc1C(C)C. The molecule has 0 saturated carbocycles. The van der Waals surface area contributed by atoms with Crippen molar-refractivity contribution in [3.8, 4) is 0 Å². The average molecular weight is 331 g/mol. The topological polar surface area (TPSA) is 24.9 Å². The monoisotopic (exact) mass is 330 g/mol. The molecule has 1 N–H and O–H groups in total. The maximum Gasteiger partial charge on any atom is 0.107 e. The normalized spacial score (nSPS) is 23.8. The highest BCUT2D eigenvalue weighted by Crippen LogP contribution is 2.44. The molecule has 1 aliphatic heterocycles. The van der Waals surface area contributed by atoms with E-state index < -0.39 is 0 Å². The minimum Gasteiger partial charge on any atom is -0.310 e. The van der Waals surface area contributed by atoms with Gasteiger partial charge in [-0.05, 0) is 5.92 Å². The van der Waals surface area contributed by atoms with Crippen LogP contribution in [0.3, 0.4) is 0 Å². The number of thiazole rings is 1. The molecule has 2 unspecified atom stereocenters. The van der Waals surface area contributed by atoms with E-state index in [1.807, 2.05) is 11.3 Å². The van der Waals surface area contributed by atoms with E-state index in [1.165, 1.54) is 27.1 Å². The molecule has 0 aromatic carbocycles. The Morgan fingerprint density at radius 2 is 1.90 bits per heavy atom. The van der Waals surface area contributed by atoms with Gasteiger partial charge in [0.1, 0.15) is 5.01 Å². The van der Waals surface area contributed by atoms with Crippen LogP contribution in [-0.4, -0.2) is 27.8 Å². The van der Waals surface area contributed by atoms with Crippen LogP contribution in [0.25, 0.3) is 0 Å². The molecule has 1 aromatic heterocycles. The van der Waals surface area contributed by atoms with E-state index in [9.17, 15) is 0 Å². The molecule has 1 saturated heterocycles. The molecule has 0 amide bonds. The van der Waals surface area contributed by atoms with E-state index in [0.717, 1.165) is 6.54 Å². The second kappa shape index (κ2) is 7.52. The zero-order valence-corrected chi connectivity index (χ0v) is 15.6. The third-order valence-corrected chi connectivity index (χ3v) is 7.80. The number of nitrogens with one attached hydrogen (secondary N) is 1. The lowest BCUT2D eigenvalue weighted by atomic mass is 10.1. The summed E-state index contributed by atoms with van der Waals surface area (Å²) in [5, 5.41) is 6.16. The van der Waals surface area contributed by atoms with Gasteiger partial charge in [0.15, 0.2) is 0 Å². The van der Waals surface area contributed by atoms with Gasteiger partial charge in [-0.3, -0.25) is 0 Å². The van der Waals surface area contributed by atoms with Gasteiger partial charge in [-0.25, -0.2) is 4.98 Å². The van der Waals surface area contributed by atoms with Crippen LogP contribution < -0.4 is 5.32 Å². The van der Waals surface area contributed by atoms with E-state index >= 15 is 0 Å². The van der Waals surface area contributed by atoms with E-state index in [1.54, 1.807) is 0 Å². The first-order valence-electron chi connectivity index (χ1n) is 7.45. The number of rotatable bonds is 5. The fourth-order valence-corrected chi connectivity index (χ4v) is 6.61. The number of nitrogens with zero attached hydrogens (tertiary/aromatic N) is 1. The quantitative estimate of drug-likeness (QED) is 0.848. The van der Waals surface area contributed by atoms with Gasteiger partial charge in [0.05, 0.1) is 10.9 Å². The Morgan fingerprint density at radius 1 is 1.20 bits per heavy atom. The van der Waals surface area contributed by atoms with Crippen molar-refractivity contribution in [2.45, 2.75) is 63.6 Å². The Morgan fingerprint density at radius 3 is 2.50 bits per heavy atom. The van der Waals surface area contributed by atoms with Gasteiger partial charge in [0.25, 0.3) is 0 Å². The van der Waals surface area contributed by atoms with Gasteiger partial charge in [-0.2, -0.15) is 11.8 Å². The molecule has 0 spiro atoms. The zero-order chi connectivity index (χ0) is 14.7. The van der Waals surface area contributed by atoms with Gasteiger partial charge in [-0.15, -0.1) is 23.1 Å². The minimum absolute atomic E-state index is 0.514. The van der Waals surface area contributed by atoms with Crippen molar-refractivity contribution in [1.82, 2.24) is 10.3 Å². The molecule has 0 radical (unpaired) electrons. The lowest BCUT2D eigenvalue weighted by Gasteiger charge is -2.26. The molecular weight excluding hydrogens is 304 g/mol. The summed E-state index contributed by atoms with van der Waals surface area (Å²) < 4.78 is 0. The summed E-state index contributed by atoms with van der Waals surface area (Å²) in [6, 6.07) is 0.527. The molecule has 1 aliphatic rings. The highest BCUT2D eigenvalue weighted by Gasteiger charge is 2.28. The maximum atomic E-state index is 5.01. The van der Waals surface area contributed by atoms with Crippen LogP contribution in [0.1, 0.15) is 61.4 Å². The van der Waals surface area contributed by atoms with Gasteiger partial charge in [-0.1, -0.05) is 34.6 Å². The Kier molecular flexibility index (Phi) is 6.26. The number of thioether (sulfide) groups is 2. The molecule has 1 aromatic rings. The molecule has 1 fully saturated rings. The van der Waals surface area contributed by atoms with Crippen molar-refractivity contribution in [2.24, 2.45) is 0 Å². The lowest BCUT2D eigenvalue weighted by molar-refractivity contribution is 0.588. The lowest BCUT2D eigenvalue weighted by Crippen LogP contribution is -2.22.